The van der Waals surface area contributed by atoms with Crippen LogP contribution in [0.25, 0.3) is 0 Å². The number of halogens is 1. The second-order valence-electron chi connectivity index (χ2n) is 3.16. The second kappa shape index (κ2) is 6.25. The van der Waals surface area contributed by atoms with Crippen LogP contribution >= 0.6 is 11.8 Å². The van der Waals surface area contributed by atoms with Gasteiger partial charge in [-0.3, -0.25) is 9.59 Å². The lowest BCUT2D eigenvalue weighted by atomic mass is 10.3. The third-order valence-corrected chi connectivity index (χ3v) is 3.22. The van der Waals surface area contributed by atoms with Crippen LogP contribution in [0.2, 0.25) is 0 Å². The van der Waals surface area contributed by atoms with Crippen molar-refractivity contribution in [2.24, 2.45) is 0 Å². The number of hydrogen-bond acceptors (Lipinski definition) is 4. The van der Waals surface area contributed by atoms with Crippen LogP contribution in [0.1, 0.15) is 6.92 Å². The van der Waals surface area contributed by atoms with Crippen molar-refractivity contribution in [3.8, 4) is 6.07 Å². The van der Waals surface area contributed by atoms with Crippen LogP contribution < -0.4 is 5.32 Å². The molecule has 2 amide bonds. The fraction of sp³-hybridized carbons (Fsp3) is 0.500. The van der Waals surface area contributed by atoms with Gasteiger partial charge >= 0.3 is 0 Å². The molecule has 0 spiro atoms. The molecule has 1 fully saturated rings. The number of alkyl halides is 1. The molecule has 0 aromatic heterocycles. The van der Waals surface area contributed by atoms with E-state index in [1.807, 2.05) is 0 Å². The first-order chi connectivity index (χ1) is 8.15. The molecule has 1 aliphatic heterocycles. The average molecular weight is 257 g/mol. The number of hydrogen-bond donors (Lipinski definition) is 1. The van der Waals surface area contributed by atoms with Gasteiger partial charge in [0.2, 0.25) is 5.91 Å². The first kappa shape index (κ1) is 13.5. The molecule has 1 heterocycles. The standard InChI is InChI=1S/C10H12FN3O2S/c1-2-14-8(15)6-17-10(14)7(5-12)9(16)13-4-3-11/h2-4,6H2,1H3,(H,13,16)/b10-7-. The van der Waals surface area contributed by atoms with Gasteiger partial charge in [0.05, 0.1) is 5.75 Å². The molecule has 1 rings (SSSR count). The van der Waals surface area contributed by atoms with Gasteiger partial charge in [-0.1, -0.05) is 11.8 Å². The molecule has 0 radical (unpaired) electrons. The van der Waals surface area contributed by atoms with Gasteiger partial charge in [-0.25, -0.2) is 4.39 Å². The van der Waals surface area contributed by atoms with Gasteiger partial charge in [-0.15, -0.1) is 0 Å². The Kier molecular flexibility index (Phi) is 4.97. The summed E-state index contributed by atoms with van der Waals surface area (Å²) in [6, 6.07) is 1.77. The quantitative estimate of drug-likeness (QED) is 0.584. The fourth-order valence-corrected chi connectivity index (χ4v) is 2.46. The van der Waals surface area contributed by atoms with E-state index in [1.165, 1.54) is 4.90 Å². The normalized spacial score (nSPS) is 17.9. The lowest BCUT2D eigenvalue weighted by molar-refractivity contribution is -0.125. The largest absolute Gasteiger partial charge is 0.349 e. The average Bonchev–Trinajstić information content (AvgIpc) is 2.69. The summed E-state index contributed by atoms with van der Waals surface area (Å²) in [4.78, 5) is 24.4. The van der Waals surface area contributed by atoms with Gasteiger partial charge in [0.15, 0.2) is 0 Å². The Balaban J connectivity index is 2.95. The Morgan fingerprint density at radius 3 is 2.94 bits per heavy atom. The number of carbonyl (C=O) groups is 2. The zero-order valence-electron chi connectivity index (χ0n) is 9.33. The molecule has 0 atom stereocenters. The van der Waals surface area contributed by atoms with E-state index in [-0.39, 0.29) is 23.8 Å². The summed E-state index contributed by atoms with van der Waals surface area (Å²) >= 11 is 1.16. The van der Waals surface area contributed by atoms with Gasteiger partial charge in [-0.05, 0) is 6.92 Å². The molecule has 92 valence electrons. The van der Waals surface area contributed by atoms with E-state index in [1.54, 1.807) is 13.0 Å². The fourth-order valence-electron chi connectivity index (χ4n) is 1.37. The summed E-state index contributed by atoms with van der Waals surface area (Å²) in [6.07, 6.45) is 0. The lowest BCUT2D eigenvalue weighted by Gasteiger charge is -2.15. The van der Waals surface area contributed by atoms with E-state index in [4.69, 9.17) is 5.26 Å². The van der Waals surface area contributed by atoms with E-state index in [0.717, 1.165) is 11.8 Å². The zero-order valence-corrected chi connectivity index (χ0v) is 10.1. The van der Waals surface area contributed by atoms with Gasteiger partial charge in [0.25, 0.3) is 5.91 Å². The van der Waals surface area contributed by atoms with Crippen molar-refractivity contribution in [3.63, 3.8) is 0 Å². The Labute approximate surface area is 103 Å². The van der Waals surface area contributed by atoms with Crippen molar-refractivity contribution in [1.82, 2.24) is 10.2 Å². The Bertz CT molecular complexity index is 403. The molecule has 0 aliphatic carbocycles. The highest BCUT2D eigenvalue weighted by Gasteiger charge is 2.30. The summed E-state index contributed by atoms with van der Waals surface area (Å²) in [5.74, 6) is -0.538. The second-order valence-corrected chi connectivity index (χ2v) is 4.13. The summed E-state index contributed by atoms with van der Waals surface area (Å²) in [5, 5.41) is 11.6. The maximum Gasteiger partial charge on any atom is 0.264 e. The van der Waals surface area contributed by atoms with Crippen molar-refractivity contribution in [1.29, 1.82) is 5.26 Å². The third-order valence-electron chi connectivity index (χ3n) is 2.13. The van der Waals surface area contributed by atoms with Crippen LogP contribution in [-0.4, -0.2) is 42.2 Å². The predicted molar refractivity (Wildman–Crippen MR) is 61.5 cm³/mol. The van der Waals surface area contributed by atoms with E-state index in [0.29, 0.717) is 11.6 Å². The Morgan fingerprint density at radius 2 is 2.41 bits per heavy atom. The van der Waals surface area contributed by atoms with E-state index in [9.17, 15) is 14.0 Å². The molecule has 0 aromatic carbocycles. The van der Waals surface area contributed by atoms with Crippen LogP contribution in [0.5, 0.6) is 0 Å². The predicted octanol–water partition coefficient (Wildman–Crippen LogP) is 0.403. The zero-order chi connectivity index (χ0) is 12.8. The summed E-state index contributed by atoms with van der Waals surface area (Å²) in [6.45, 7) is 1.34. The minimum atomic E-state index is -0.691. The highest BCUT2D eigenvalue weighted by atomic mass is 32.2. The molecule has 1 N–H and O–H groups in total. The van der Waals surface area contributed by atoms with Crippen molar-refractivity contribution in [3.05, 3.63) is 10.6 Å². The van der Waals surface area contributed by atoms with Gasteiger partial charge < -0.3 is 10.2 Å². The maximum atomic E-state index is 11.9. The molecule has 0 bridgehead atoms. The van der Waals surface area contributed by atoms with Crippen LogP contribution in [0.4, 0.5) is 4.39 Å². The topological polar surface area (TPSA) is 73.2 Å². The van der Waals surface area contributed by atoms with Crippen LogP contribution in [0, 0.1) is 11.3 Å². The molecule has 5 nitrogen and oxygen atoms in total. The third kappa shape index (κ3) is 2.97. The summed E-state index contributed by atoms with van der Waals surface area (Å²) in [7, 11) is 0. The smallest absolute Gasteiger partial charge is 0.264 e. The van der Waals surface area contributed by atoms with Crippen LogP contribution in [0.15, 0.2) is 10.6 Å². The first-order valence-electron chi connectivity index (χ1n) is 5.07. The molecule has 0 aromatic rings. The molecule has 17 heavy (non-hydrogen) atoms. The number of carbonyl (C=O) groups excluding carboxylic acids is 2. The van der Waals surface area contributed by atoms with Crippen molar-refractivity contribution >= 4 is 23.6 Å². The Morgan fingerprint density at radius 1 is 1.71 bits per heavy atom. The SMILES string of the molecule is CCN1C(=O)CS/C1=C(/C#N)C(=O)NCCF. The van der Waals surface area contributed by atoms with Gasteiger partial charge in [-0.2, -0.15) is 5.26 Å². The molecule has 1 aliphatic rings. The minimum Gasteiger partial charge on any atom is -0.349 e. The van der Waals surface area contributed by atoms with Crippen LogP contribution in [-0.2, 0) is 9.59 Å². The Hall–Kier alpha value is -1.55. The molecule has 7 heteroatoms. The number of amides is 2. The number of rotatable bonds is 4. The molecule has 0 unspecified atom stereocenters. The van der Waals surface area contributed by atoms with Gasteiger partial charge in [0, 0.05) is 13.1 Å². The maximum absolute atomic E-state index is 11.9. The van der Waals surface area contributed by atoms with Crippen LogP contribution in [0.3, 0.4) is 0 Å². The number of nitriles is 1. The van der Waals surface area contributed by atoms with E-state index < -0.39 is 12.6 Å². The van der Waals surface area contributed by atoms with E-state index in [2.05, 4.69) is 5.32 Å². The van der Waals surface area contributed by atoms with Crippen molar-refractivity contribution in [2.75, 3.05) is 25.5 Å². The van der Waals surface area contributed by atoms with Gasteiger partial charge in [0.1, 0.15) is 23.3 Å². The minimum absolute atomic E-state index is 0.126. The number of nitrogens with one attached hydrogen (secondary N) is 1. The monoisotopic (exact) mass is 257 g/mol. The summed E-state index contributed by atoms with van der Waals surface area (Å²) in [5.41, 5.74) is -0.129. The highest BCUT2D eigenvalue weighted by molar-refractivity contribution is 8.04. The molecule has 1 saturated heterocycles. The van der Waals surface area contributed by atoms with E-state index >= 15 is 0 Å². The molecular weight excluding hydrogens is 245 g/mol. The summed E-state index contributed by atoms with van der Waals surface area (Å²) < 4.78 is 11.9. The van der Waals surface area contributed by atoms with Crippen molar-refractivity contribution in [2.45, 2.75) is 6.92 Å². The molecule has 0 saturated carbocycles. The first-order valence-corrected chi connectivity index (χ1v) is 6.06. The lowest BCUT2D eigenvalue weighted by Crippen LogP contribution is -2.30. The number of thioether (sulfide) groups is 1. The highest BCUT2D eigenvalue weighted by Crippen LogP contribution is 2.31. The van der Waals surface area contributed by atoms with Crippen molar-refractivity contribution < 1.29 is 14.0 Å². The molecular formula is C10H12FN3O2S. The number of nitrogens with zero attached hydrogens (tertiary/aromatic N) is 2.